The maximum absolute atomic E-state index is 12.7. The Kier molecular flexibility index (Phi) is 20.8. The Bertz CT molecular complexity index is 2750. The summed E-state index contributed by atoms with van der Waals surface area (Å²) in [5.74, 6) is 3.32. The van der Waals surface area contributed by atoms with E-state index < -0.39 is 5.60 Å². The molecular formula is C55H69Cl5N8O2. The molecule has 4 aromatic heterocycles. The fourth-order valence-corrected chi connectivity index (χ4v) is 10.6. The van der Waals surface area contributed by atoms with Gasteiger partial charge in [0.15, 0.2) is 0 Å². The molecule has 70 heavy (non-hydrogen) atoms. The van der Waals surface area contributed by atoms with Gasteiger partial charge < -0.3 is 24.1 Å². The molecule has 10 rings (SSSR count). The zero-order chi connectivity index (χ0) is 45.2. The van der Waals surface area contributed by atoms with Gasteiger partial charge in [-0.3, -0.25) is 9.97 Å². The number of nitrogens with one attached hydrogen (secondary N) is 1. The van der Waals surface area contributed by atoms with E-state index >= 15 is 0 Å². The Morgan fingerprint density at radius 1 is 0.657 bits per heavy atom. The summed E-state index contributed by atoms with van der Waals surface area (Å²) < 4.78 is 9.97. The zero-order valence-electron chi connectivity index (χ0n) is 39.2. The largest absolute Gasteiger partial charge is 0.444 e. The predicted octanol–water partition coefficient (Wildman–Crippen LogP) is 14.0. The van der Waals surface area contributed by atoms with Crippen LogP contribution in [0.4, 0.5) is 4.79 Å². The number of carbonyl (C=O) groups is 1. The molecule has 6 aromatic rings. The molecule has 376 valence electrons. The maximum atomic E-state index is 12.7. The van der Waals surface area contributed by atoms with Crippen molar-refractivity contribution in [1.82, 2.24) is 39.3 Å². The number of ether oxygens (including phenoxy) is 1. The molecule has 0 radical (unpaired) electrons. The lowest BCUT2D eigenvalue weighted by Crippen LogP contribution is -2.42. The van der Waals surface area contributed by atoms with E-state index in [0.29, 0.717) is 37.4 Å². The first-order valence-corrected chi connectivity index (χ1v) is 23.7. The van der Waals surface area contributed by atoms with Gasteiger partial charge in [-0.05, 0) is 167 Å². The Balaban J connectivity index is 0.000000289. The fraction of sp³-hybridized carbons (Fsp3) is 0.400. The first-order valence-electron chi connectivity index (χ1n) is 22.9. The minimum Gasteiger partial charge on any atom is -0.444 e. The minimum atomic E-state index is -0.494. The van der Waals surface area contributed by atoms with Gasteiger partial charge in [0.1, 0.15) is 17.2 Å². The van der Waals surface area contributed by atoms with Crippen LogP contribution < -0.4 is 5.32 Å². The van der Waals surface area contributed by atoms with E-state index in [1.54, 1.807) is 0 Å². The van der Waals surface area contributed by atoms with Crippen LogP contribution in [-0.2, 0) is 17.8 Å². The number of amides is 1. The van der Waals surface area contributed by atoms with E-state index in [1.165, 1.54) is 51.9 Å². The van der Waals surface area contributed by atoms with E-state index in [-0.39, 0.29) is 64.1 Å². The van der Waals surface area contributed by atoms with Gasteiger partial charge in [0, 0.05) is 96.4 Å². The number of aryl methyl sites for hydroxylation is 2. The highest BCUT2D eigenvalue weighted by atomic mass is 35.5. The van der Waals surface area contributed by atoms with Gasteiger partial charge in [0.2, 0.25) is 0 Å². The average molecular weight is 1050 g/mol. The van der Waals surface area contributed by atoms with Crippen molar-refractivity contribution in [2.75, 3.05) is 26.2 Å². The normalized spacial score (nSPS) is 17.3. The summed E-state index contributed by atoms with van der Waals surface area (Å²) in [5, 5.41) is 5.01. The van der Waals surface area contributed by atoms with E-state index in [4.69, 9.17) is 37.9 Å². The molecule has 2 aromatic carbocycles. The number of rotatable bonds is 6. The summed E-state index contributed by atoms with van der Waals surface area (Å²) in [4.78, 5) is 33.2. The summed E-state index contributed by atoms with van der Waals surface area (Å²) in [7, 11) is 0. The van der Waals surface area contributed by atoms with Crippen LogP contribution in [0, 0.1) is 25.7 Å². The van der Waals surface area contributed by atoms with Crippen molar-refractivity contribution in [3.8, 4) is 0 Å². The quantitative estimate of drug-likeness (QED) is 0.177. The van der Waals surface area contributed by atoms with Crippen LogP contribution in [0.3, 0.4) is 0 Å². The van der Waals surface area contributed by atoms with Crippen LogP contribution in [0.2, 0.25) is 10.0 Å². The topological polar surface area (TPSA) is 103 Å². The van der Waals surface area contributed by atoms with Crippen molar-refractivity contribution in [2.45, 2.75) is 106 Å². The number of benzene rings is 2. The molecule has 0 bridgehead atoms. The van der Waals surface area contributed by atoms with Gasteiger partial charge in [-0.1, -0.05) is 62.3 Å². The molecule has 1 amide bonds. The monoisotopic (exact) mass is 1050 g/mol. The van der Waals surface area contributed by atoms with Gasteiger partial charge in [-0.2, -0.15) is 0 Å². The molecule has 10 nitrogen and oxygen atoms in total. The second kappa shape index (κ2) is 25.1. The van der Waals surface area contributed by atoms with Crippen LogP contribution >= 0.6 is 60.4 Å². The molecule has 0 saturated carbocycles. The predicted molar refractivity (Wildman–Crippen MR) is 296 cm³/mol. The van der Waals surface area contributed by atoms with Crippen LogP contribution in [0.15, 0.2) is 97.8 Å². The molecule has 1 N–H and O–H groups in total. The van der Waals surface area contributed by atoms with Crippen LogP contribution in [0.1, 0.15) is 130 Å². The summed E-state index contributed by atoms with van der Waals surface area (Å²) >= 11 is 12.9. The SMILES string of the molecule is C.C.Cc1nccn1CC1=Cc2cc(Cl)ccc2C(C2CCN(C(=O)OC(C)(C)C)CC2)c2ncccc21.Cc1nccn1CC1=Cc2cc(Cl)ccc2C(C2CCNCC2)c2ncccc21.Cl.Cl.Cl. The molecule has 2 atom stereocenters. The van der Waals surface area contributed by atoms with Crippen molar-refractivity contribution in [3.63, 3.8) is 0 Å². The van der Waals surface area contributed by atoms with Crippen LogP contribution in [0.25, 0.3) is 23.3 Å². The van der Waals surface area contributed by atoms with Gasteiger partial charge >= 0.3 is 6.09 Å². The summed E-state index contributed by atoms with van der Waals surface area (Å²) in [6, 6.07) is 21.0. The Hall–Kier alpha value is -4.68. The number of carbonyl (C=O) groups excluding carboxylic acids is 1. The highest BCUT2D eigenvalue weighted by Gasteiger charge is 2.37. The third-order valence-electron chi connectivity index (χ3n) is 13.4. The molecule has 2 unspecified atom stereocenters. The lowest BCUT2D eigenvalue weighted by Gasteiger charge is -2.37. The molecule has 6 heterocycles. The number of piperidine rings is 2. The zero-order valence-corrected chi connectivity index (χ0v) is 43.2. The number of aromatic nitrogens is 6. The number of pyridine rings is 2. The molecular weight excluding hydrogens is 982 g/mol. The van der Waals surface area contributed by atoms with Crippen molar-refractivity contribution in [3.05, 3.63) is 164 Å². The molecule has 15 heteroatoms. The molecule has 2 saturated heterocycles. The van der Waals surface area contributed by atoms with Gasteiger partial charge in [-0.15, -0.1) is 37.2 Å². The van der Waals surface area contributed by atoms with E-state index in [0.717, 1.165) is 71.0 Å². The van der Waals surface area contributed by atoms with Crippen molar-refractivity contribution in [1.29, 1.82) is 0 Å². The number of imidazole rings is 2. The average Bonchev–Trinajstić information content (AvgIpc) is 3.83. The summed E-state index contributed by atoms with van der Waals surface area (Å²) in [5.41, 5.74) is 11.6. The number of allylic oxidation sites excluding steroid dienone is 2. The number of likely N-dealkylation sites (tertiary alicyclic amines) is 1. The third kappa shape index (κ3) is 12.9. The number of nitrogens with zero attached hydrogens (tertiary/aromatic N) is 7. The van der Waals surface area contributed by atoms with E-state index in [9.17, 15) is 4.79 Å². The van der Waals surface area contributed by atoms with Gasteiger partial charge in [0.05, 0.1) is 11.4 Å². The smallest absolute Gasteiger partial charge is 0.410 e. The number of halogens is 5. The summed E-state index contributed by atoms with van der Waals surface area (Å²) in [6.45, 7) is 14.8. The highest BCUT2D eigenvalue weighted by Crippen LogP contribution is 2.46. The molecule has 2 aliphatic heterocycles. The lowest BCUT2D eigenvalue weighted by molar-refractivity contribution is 0.0178. The molecule has 4 aliphatic rings. The number of hydrogen-bond acceptors (Lipinski definition) is 7. The Morgan fingerprint density at radius 2 is 1.10 bits per heavy atom. The Labute approximate surface area is 444 Å². The van der Waals surface area contributed by atoms with E-state index in [2.05, 4.69) is 79.0 Å². The highest BCUT2D eigenvalue weighted by molar-refractivity contribution is 6.31. The van der Waals surface area contributed by atoms with Crippen LogP contribution in [-0.4, -0.2) is 71.8 Å². The maximum Gasteiger partial charge on any atom is 0.410 e. The van der Waals surface area contributed by atoms with E-state index in [1.807, 2.05) is 94.9 Å². The van der Waals surface area contributed by atoms with Crippen molar-refractivity contribution >= 4 is 89.8 Å². The lowest BCUT2D eigenvalue weighted by atomic mass is 9.76. The molecule has 0 spiro atoms. The van der Waals surface area contributed by atoms with Crippen LogP contribution in [0.5, 0.6) is 0 Å². The standard InChI is InChI=1S/C29H33ClN4O2.C24H25ClN4.2CH4.3ClH/c1-19-31-12-15-34(19)18-22-16-21-17-23(30)7-8-24(21)26(27-25(22)6-5-11-32-27)20-9-13-33(14-10-20)28(35)36-29(2,3)4;1-16-27-11-12-29(16)15-19-13-18-14-20(25)4-5-21(18)23(17-6-9-26-10-7-17)24-22(19)3-2-8-28-24;;;;;/h5-8,11-12,15-17,20,26H,9-10,13-14,18H2,1-4H3;2-5,8,11-14,17,23,26H,6-7,9-10,15H2,1H3;2*1H4;3*1H. The van der Waals surface area contributed by atoms with Gasteiger partial charge in [-0.25, -0.2) is 14.8 Å². The Morgan fingerprint density at radius 3 is 1.51 bits per heavy atom. The summed E-state index contributed by atoms with van der Waals surface area (Å²) in [6.07, 6.45) is 20.0. The van der Waals surface area contributed by atoms with Gasteiger partial charge in [0.25, 0.3) is 0 Å². The van der Waals surface area contributed by atoms with Crippen molar-refractivity contribution < 1.29 is 9.53 Å². The first kappa shape index (κ1) is 57.9. The first-order chi connectivity index (χ1) is 31.4. The second-order valence-electron chi connectivity index (χ2n) is 18.8. The minimum absolute atomic E-state index is 0. The second-order valence-corrected chi connectivity index (χ2v) is 19.7. The molecule has 2 aliphatic carbocycles. The van der Waals surface area contributed by atoms with Crippen molar-refractivity contribution in [2.24, 2.45) is 11.8 Å². The fourth-order valence-electron chi connectivity index (χ4n) is 10.3. The third-order valence-corrected chi connectivity index (χ3v) is 13.9. The number of hydrogen-bond donors (Lipinski definition) is 1. The number of fused-ring (bicyclic) bond motifs is 4. The molecule has 2 fully saturated rings.